The van der Waals surface area contributed by atoms with Crippen LogP contribution in [0.4, 0.5) is 0 Å². The van der Waals surface area contributed by atoms with Crippen LogP contribution in [0.1, 0.15) is 32.6 Å². The molecule has 0 aromatic heterocycles. The molecule has 3 atom stereocenters. The summed E-state index contributed by atoms with van der Waals surface area (Å²) >= 11 is 0. The molecule has 74 valence electrons. The van der Waals surface area contributed by atoms with Crippen LogP contribution in [0.2, 0.25) is 0 Å². The van der Waals surface area contributed by atoms with E-state index in [-0.39, 0.29) is 6.04 Å². The van der Waals surface area contributed by atoms with Crippen molar-refractivity contribution in [2.45, 2.75) is 50.8 Å². The van der Waals surface area contributed by atoms with Crippen molar-refractivity contribution in [3.05, 3.63) is 0 Å². The van der Waals surface area contributed by atoms with Crippen LogP contribution in [-0.2, 0) is 4.74 Å². The Labute approximate surface area is 80.1 Å². The molecule has 0 saturated heterocycles. The number of hydrogen-bond donors (Lipinski definition) is 1. The van der Waals surface area contributed by atoms with Gasteiger partial charge in [-0.15, -0.1) is 0 Å². The molecular weight excluding hydrogens is 164 g/mol. The third kappa shape index (κ3) is 2.98. The van der Waals surface area contributed by atoms with Crippen LogP contribution in [0.25, 0.3) is 0 Å². The van der Waals surface area contributed by atoms with Gasteiger partial charge in [0.15, 0.2) is 0 Å². The zero-order valence-corrected chi connectivity index (χ0v) is 8.42. The lowest BCUT2D eigenvalue weighted by atomic mass is 10.2. The molecule has 0 aliphatic heterocycles. The first-order chi connectivity index (χ1) is 6.30. The molecule has 0 aromatic rings. The molecular formula is C10H18N2O. The SMILES string of the molecule is CCC(C#N)NC1CCC(OC)C1. The molecule has 0 amide bonds. The van der Waals surface area contributed by atoms with Crippen molar-refractivity contribution in [3.63, 3.8) is 0 Å². The number of nitrogens with one attached hydrogen (secondary N) is 1. The van der Waals surface area contributed by atoms with Gasteiger partial charge in [-0.25, -0.2) is 0 Å². The molecule has 1 N–H and O–H groups in total. The highest BCUT2D eigenvalue weighted by Crippen LogP contribution is 2.21. The van der Waals surface area contributed by atoms with E-state index in [0.717, 1.165) is 25.7 Å². The largest absolute Gasteiger partial charge is 0.381 e. The quantitative estimate of drug-likeness (QED) is 0.715. The molecule has 13 heavy (non-hydrogen) atoms. The predicted molar refractivity (Wildman–Crippen MR) is 51.3 cm³/mol. The molecule has 3 heteroatoms. The van der Waals surface area contributed by atoms with Crippen molar-refractivity contribution < 1.29 is 4.74 Å². The van der Waals surface area contributed by atoms with Crippen molar-refractivity contribution in [2.24, 2.45) is 0 Å². The van der Waals surface area contributed by atoms with Crippen LogP contribution >= 0.6 is 0 Å². The smallest absolute Gasteiger partial charge is 0.0952 e. The summed E-state index contributed by atoms with van der Waals surface area (Å²) in [6.45, 7) is 2.03. The Hall–Kier alpha value is -0.590. The van der Waals surface area contributed by atoms with Crippen molar-refractivity contribution in [1.29, 1.82) is 5.26 Å². The van der Waals surface area contributed by atoms with Gasteiger partial charge in [-0.05, 0) is 25.7 Å². The maximum Gasteiger partial charge on any atom is 0.0952 e. The summed E-state index contributed by atoms with van der Waals surface area (Å²) in [4.78, 5) is 0. The fraction of sp³-hybridized carbons (Fsp3) is 0.900. The Morgan fingerprint density at radius 1 is 1.62 bits per heavy atom. The van der Waals surface area contributed by atoms with E-state index in [1.807, 2.05) is 6.92 Å². The third-order valence-electron chi connectivity index (χ3n) is 2.72. The first-order valence-electron chi connectivity index (χ1n) is 4.98. The Kier molecular flexibility index (Phi) is 4.20. The van der Waals surface area contributed by atoms with Gasteiger partial charge in [-0.3, -0.25) is 5.32 Å². The molecule has 1 aliphatic rings. The van der Waals surface area contributed by atoms with E-state index in [1.165, 1.54) is 0 Å². The van der Waals surface area contributed by atoms with Crippen LogP contribution in [-0.4, -0.2) is 25.3 Å². The summed E-state index contributed by atoms with van der Waals surface area (Å²) in [6.07, 6.45) is 4.58. The van der Waals surface area contributed by atoms with Gasteiger partial charge in [0.1, 0.15) is 0 Å². The molecule has 1 rings (SSSR count). The highest BCUT2D eigenvalue weighted by Gasteiger charge is 2.25. The molecule has 1 fully saturated rings. The molecule has 3 unspecified atom stereocenters. The lowest BCUT2D eigenvalue weighted by Crippen LogP contribution is -2.35. The molecule has 3 nitrogen and oxygen atoms in total. The predicted octanol–water partition coefficient (Wildman–Crippen LogP) is 1.45. The molecule has 0 aromatic carbocycles. The molecule has 0 bridgehead atoms. The van der Waals surface area contributed by atoms with Crippen LogP contribution in [0.15, 0.2) is 0 Å². The third-order valence-corrected chi connectivity index (χ3v) is 2.72. The summed E-state index contributed by atoms with van der Waals surface area (Å²) in [6, 6.07) is 2.76. The maximum atomic E-state index is 8.77. The Morgan fingerprint density at radius 2 is 2.38 bits per heavy atom. The summed E-state index contributed by atoms with van der Waals surface area (Å²) in [7, 11) is 1.76. The number of methoxy groups -OCH3 is 1. The number of hydrogen-bond acceptors (Lipinski definition) is 3. The van der Waals surface area contributed by atoms with Gasteiger partial charge >= 0.3 is 0 Å². The average molecular weight is 182 g/mol. The van der Waals surface area contributed by atoms with Crippen molar-refractivity contribution in [2.75, 3.05) is 7.11 Å². The summed E-state index contributed by atoms with van der Waals surface area (Å²) in [5, 5.41) is 12.1. The maximum absolute atomic E-state index is 8.77. The highest BCUT2D eigenvalue weighted by atomic mass is 16.5. The topological polar surface area (TPSA) is 45.0 Å². The van der Waals surface area contributed by atoms with Gasteiger partial charge in [0.25, 0.3) is 0 Å². The van der Waals surface area contributed by atoms with Crippen LogP contribution < -0.4 is 5.32 Å². The second kappa shape index (κ2) is 5.21. The monoisotopic (exact) mass is 182 g/mol. The van der Waals surface area contributed by atoms with Crippen LogP contribution in [0.3, 0.4) is 0 Å². The average Bonchev–Trinajstić information content (AvgIpc) is 2.61. The first-order valence-corrected chi connectivity index (χ1v) is 4.98. The van der Waals surface area contributed by atoms with E-state index in [0.29, 0.717) is 12.1 Å². The molecule has 0 heterocycles. The summed E-state index contributed by atoms with van der Waals surface area (Å²) in [5.41, 5.74) is 0. The van der Waals surface area contributed by atoms with E-state index in [4.69, 9.17) is 10.00 Å². The molecule has 0 radical (unpaired) electrons. The molecule has 0 spiro atoms. The lowest BCUT2D eigenvalue weighted by molar-refractivity contribution is 0.106. The Bertz CT molecular complexity index is 188. The van der Waals surface area contributed by atoms with Gasteiger partial charge in [-0.2, -0.15) is 5.26 Å². The van der Waals surface area contributed by atoms with Gasteiger partial charge in [0.2, 0.25) is 0 Å². The number of ether oxygens (including phenoxy) is 1. The highest BCUT2D eigenvalue weighted by molar-refractivity contribution is 4.93. The number of nitrogens with zero attached hydrogens (tertiary/aromatic N) is 1. The normalized spacial score (nSPS) is 29.9. The van der Waals surface area contributed by atoms with Gasteiger partial charge < -0.3 is 4.74 Å². The van der Waals surface area contributed by atoms with E-state index < -0.39 is 0 Å². The number of nitriles is 1. The summed E-state index contributed by atoms with van der Waals surface area (Å²) < 4.78 is 5.27. The van der Waals surface area contributed by atoms with Gasteiger partial charge in [0.05, 0.1) is 18.2 Å². The van der Waals surface area contributed by atoms with Crippen molar-refractivity contribution in [1.82, 2.24) is 5.32 Å². The van der Waals surface area contributed by atoms with Gasteiger partial charge in [0, 0.05) is 13.2 Å². The minimum absolute atomic E-state index is 0.0145. The van der Waals surface area contributed by atoms with E-state index in [9.17, 15) is 0 Å². The Morgan fingerprint density at radius 3 is 2.85 bits per heavy atom. The lowest BCUT2D eigenvalue weighted by Gasteiger charge is -2.15. The van der Waals surface area contributed by atoms with E-state index >= 15 is 0 Å². The van der Waals surface area contributed by atoms with Gasteiger partial charge in [-0.1, -0.05) is 6.92 Å². The fourth-order valence-corrected chi connectivity index (χ4v) is 1.84. The minimum Gasteiger partial charge on any atom is -0.381 e. The van der Waals surface area contributed by atoms with E-state index in [2.05, 4.69) is 11.4 Å². The first kappa shape index (κ1) is 10.5. The van der Waals surface area contributed by atoms with Crippen LogP contribution in [0.5, 0.6) is 0 Å². The number of rotatable bonds is 4. The minimum atomic E-state index is 0.0145. The Balaban J connectivity index is 2.27. The fourth-order valence-electron chi connectivity index (χ4n) is 1.84. The second-order valence-electron chi connectivity index (χ2n) is 3.62. The van der Waals surface area contributed by atoms with Crippen molar-refractivity contribution >= 4 is 0 Å². The standard InChI is InChI=1S/C10H18N2O/c1-3-8(7-11)12-9-4-5-10(6-9)13-2/h8-10,12H,3-6H2,1-2H3. The second-order valence-corrected chi connectivity index (χ2v) is 3.62. The zero-order chi connectivity index (χ0) is 9.68. The summed E-state index contributed by atoms with van der Waals surface area (Å²) in [5.74, 6) is 0. The van der Waals surface area contributed by atoms with E-state index in [1.54, 1.807) is 7.11 Å². The van der Waals surface area contributed by atoms with Crippen LogP contribution in [0, 0.1) is 11.3 Å². The van der Waals surface area contributed by atoms with Crippen molar-refractivity contribution in [3.8, 4) is 6.07 Å². The molecule has 1 aliphatic carbocycles. The molecule has 1 saturated carbocycles. The zero-order valence-electron chi connectivity index (χ0n) is 8.42.